The predicted molar refractivity (Wildman–Crippen MR) is 501 cm³/mol. The Hall–Kier alpha value is -4.72. The summed E-state index contributed by atoms with van der Waals surface area (Å²) in [7, 11) is 0. The summed E-state index contributed by atoms with van der Waals surface area (Å²) in [6.07, 6.45) is 51.6. The van der Waals surface area contributed by atoms with Gasteiger partial charge in [-0.15, -0.1) is 113 Å². The highest BCUT2D eigenvalue weighted by Gasteiger charge is 2.51. The Morgan fingerprint density at radius 2 is 0.562 bits per heavy atom. The molecule has 0 bridgehead atoms. The molecular formula is C96H126N4O2S10. The number of thiazole rings is 2. The van der Waals surface area contributed by atoms with E-state index in [-0.39, 0.29) is 11.8 Å². The monoisotopic (exact) mass is 1690 g/mol. The van der Waals surface area contributed by atoms with Crippen molar-refractivity contribution in [2.24, 2.45) is 11.8 Å². The van der Waals surface area contributed by atoms with Crippen molar-refractivity contribution in [1.29, 1.82) is 0 Å². The van der Waals surface area contributed by atoms with Crippen LogP contribution < -0.4 is 0 Å². The molecule has 16 heteroatoms. The molecule has 0 aliphatic carbocycles. The van der Waals surface area contributed by atoms with Crippen molar-refractivity contribution in [3.63, 3.8) is 0 Å². The average molecular weight is 1690 g/mol. The van der Waals surface area contributed by atoms with Crippen molar-refractivity contribution in [2.75, 3.05) is 13.1 Å². The van der Waals surface area contributed by atoms with Crippen LogP contribution >= 0.6 is 113 Å². The van der Waals surface area contributed by atoms with Crippen LogP contribution in [0.15, 0.2) is 108 Å². The zero-order valence-electron chi connectivity index (χ0n) is 68.8. The molecule has 602 valence electrons. The maximum absolute atomic E-state index is 16.7. The van der Waals surface area contributed by atoms with Crippen LogP contribution in [0.4, 0.5) is 0 Å². The molecular weight excluding hydrogens is 1560 g/mol. The van der Waals surface area contributed by atoms with Crippen molar-refractivity contribution in [2.45, 2.75) is 312 Å². The summed E-state index contributed by atoms with van der Waals surface area (Å²) in [4.78, 5) is 72.3. The number of fused-ring (bicyclic) bond motifs is 1. The summed E-state index contributed by atoms with van der Waals surface area (Å²) in [6.45, 7) is 19.5. The number of hydrogen-bond acceptors (Lipinski definition) is 14. The fourth-order valence-corrected chi connectivity index (χ4v) is 27.5. The van der Waals surface area contributed by atoms with Crippen LogP contribution in [0, 0.1) is 11.8 Å². The zero-order chi connectivity index (χ0) is 78.0. The summed E-state index contributed by atoms with van der Waals surface area (Å²) in [5.41, 5.74) is 5.39. The van der Waals surface area contributed by atoms with Gasteiger partial charge in [-0.2, -0.15) is 0 Å². The third-order valence-corrected chi connectivity index (χ3v) is 35.3. The maximum atomic E-state index is 16.7. The minimum atomic E-state index is -0.0428. The van der Waals surface area contributed by atoms with E-state index in [4.69, 9.17) is 9.97 Å². The second kappa shape index (κ2) is 45.3. The Morgan fingerprint density at radius 1 is 0.277 bits per heavy atom. The van der Waals surface area contributed by atoms with Crippen molar-refractivity contribution in [3.8, 4) is 78.0 Å². The van der Waals surface area contributed by atoms with Crippen LogP contribution in [-0.2, 0) is 35.3 Å². The van der Waals surface area contributed by atoms with E-state index in [0.717, 1.165) is 121 Å². The number of unbranched alkanes of at least 4 members (excludes halogenated alkanes) is 24. The first kappa shape index (κ1) is 86.6. The highest BCUT2D eigenvalue weighted by molar-refractivity contribution is 7.31. The smallest absolute Gasteiger partial charge is 0.261 e. The average Bonchev–Trinajstić information content (AvgIpc) is 1.55. The van der Waals surface area contributed by atoms with E-state index in [1.807, 2.05) is 90.7 Å². The Morgan fingerprint density at radius 3 is 0.911 bits per heavy atom. The molecule has 2 atom stereocenters. The van der Waals surface area contributed by atoms with Crippen molar-refractivity contribution < 1.29 is 9.59 Å². The maximum Gasteiger partial charge on any atom is 0.261 e. The van der Waals surface area contributed by atoms with Gasteiger partial charge in [-0.05, 0) is 185 Å². The molecule has 0 spiro atoms. The lowest BCUT2D eigenvalue weighted by molar-refractivity contribution is -0.124. The number of aryl methyl sites for hydroxylation is 4. The van der Waals surface area contributed by atoms with Crippen LogP contribution in [0.1, 0.15) is 317 Å². The van der Waals surface area contributed by atoms with Crippen molar-refractivity contribution in [1.82, 2.24) is 19.8 Å². The van der Waals surface area contributed by atoms with Gasteiger partial charge in [-0.3, -0.25) is 9.59 Å². The number of nitrogens with zero attached hydrogens (tertiary/aromatic N) is 4. The lowest BCUT2D eigenvalue weighted by atomic mass is 9.93. The first-order chi connectivity index (χ1) is 55.0. The largest absolute Gasteiger partial charge is 0.304 e. The fraction of sp³-hybridized carbons (Fsp3) is 0.542. The molecule has 6 nitrogen and oxygen atoms in total. The Bertz CT molecular complexity index is 4290. The van der Waals surface area contributed by atoms with Gasteiger partial charge in [0, 0.05) is 104 Å². The highest BCUT2D eigenvalue weighted by atomic mass is 32.1. The van der Waals surface area contributed by atoms with Crippen LogP contribution in [0.3, 0.4) is 0 Å². The first-order valence-electron chi connectivity index (χ1n) is 43.9. The minimum absolute atomic E-state index is 0.0428. The molecule has 10 aromatic rings. The predicted octanol–water partition coefficient (Wildman–Crippen LogP) is 33.8. The van der Waals surface area contributed by atoms with Crippen molar-refractivity contribution in [3.05, 3.63) is 139 Å². The van der Waals surface area contributed by atoms with Crippen LogP contribution in [0.5, 0.6) is 0 Å². The molecule has 12 rings (SSSR count). The van der Waals surface area contributed by atoms with Gasteiger partial charge in [0.25, 0.3) is 11.8 Å². The molecule has 2 aliphatic heterocycles. The second-order valence-corrected chi connectivity index (χ2v) is 42.7. The molecule has 0 radical (unpaired) electrons. The Labute approximate surface area is 713 Å². The van der Waals surface area contributed by atoms with Gasteiger partial charge >= 0.3 is 0 Å². The van der Waals surface area contributed by atoms with E-state index in [2.05, 4.69) is 163 Å². The molecule has 0 N–H and O–H groups in total. The Kier molecular flexibility index (Phi) is 35.0. The molecule has 0 fully saturated rings. The van der Waals surface area contributed by atoms with E-state index in [9.17, 15) is 0 Å². The SMILES string of the molecule is CCCCCCCCC(CCCCCC)CN1C(=O)C2=C(c3ncc(-c4cc(CCCCCC)c(-c5ccc(-c6ccc(-c7ccc(CCCC)s7)s6)s5)s4)s3)N(CC(CCCCCC)CCCCCCCC)C(=O)C2=C1c1ncc(-c2cc(CCCCCC)c(-c3ccc(-c4ccc(-c5ccc(CCCC)s5)s4)s3)s2)s1. The molecule has 12 heterocycles. The summed E-state index contributed by atoms with van der Waals surface area (Å²) in [5.74, 6) is 0.496. The van der Waals surface area contributed by atoms with E-state index >= 15 is 9.59 Å². The molecule has 0 aromatic carbocycles. The molecule has 0 saturated heterocycles. The number of aromatic nitrogens is 2. The topological polar surface area (TPSA) is 66.4 Å². The van der Waals surface area contributed by atoms with Gasteiger partial charge in [0.1, 0.15) is 10.0 Å². The second-order valence-electron chi connectivity index (χ2n) is 31.8. The molecule has 2 aliphatic rings. The third-order valence-electron chi connectivity index (χ3n) is 22.8. The zero-order valence-corrected chi connectivity index (χ0v) is 76.9. The van der Waals surface area contributed by atoms with E-state index in [1.165, 1.54) is 256 Å². The lowest BCUT2D eigenvalue weighted by Gasteiger charge is -2.29. The molecule has 112 heavy (non-hydrogen) atoms. The van der Waals surface area contributed by atoms with Gasteiger partial charge in [-0.25, -0.2) is 9.97 Å². The number of amides is 2. The number of carbonyl (C=O) groups excluding carboxylic acids is 2. The lowest BCUT2D eigenvalue weighted by Crippen LogP contribution is -2.35. The number of hydrogen-bond donors (Lipinski definition) is 0. The first-order valence-corrected chi connectivity index (χ1v) is 52.1. The third kappa shape index (κ3) is 23.0. The summed E-state index contributed by atoms with van der Waals surface area (Å²) >= 11 is 18.8. The highest BCUT2D eigenvalue weighted by Crippen LogP contribution is 2.54. The number of rotatable bonds is 54. The van der Waals surface area contributed by atoms with E-state index in [0.29, 0.717) is 36.1 Å². The van der Waals surface area contributed by atoms with E-state index < -0.39 is 0 Å². The van der Waals surface area contributed by atoms with Gasteiger partial charge in [0.2, 0.25) is 0 Å². The van der Waals surface area contributed by atoms with Gasteiger partial charge < -0.3 is 9.80 Å². The normalized spacial score (nSPS) is 13.8. The summed E-state index contributed by atoms with van der Waals surface area (Å²) in [5, 5.41) is 1.55. The molecule has 2 amide bonds. The van der Waals surface area contributed by atoms with Gasteiger partial charge in [0.05, 0.1) is 32.3 Å². The van der Waals surface area contributed by atoms with Crippen LogP contribution in [0.2, 0.25) is 0 Å². The molecule has 2 unspecified atom stereocenters. The van der Waals surface area contributed by atoms with Crippen LogP contribution in [0.25, 0.3) is 89.4 Å². The number of thiophene rings is 8. The standard InChI is InChI=1S/C96H126N4O2S10/c1-9-17-25-31-33-37-43-67(41-35-27-19-11-3)65-99-89(93-97-63-85(111-93)83-61-69(45-39-29-21-13-5)91(109-83)81-59-57-79(107-81)77-55-53-75(105-77)73-51-49-71(103-73)47-23-15-7)87-88(95(99)101)90(100(96(87)102)66-68(42-36-28-20-12-4)44-38-34-32-26-18-10-2)94-98-64-86(112-94)84-62-70(46-40-30-22-14-6)92(110-84)82-60-58-80(108-82)78-56-54-76(106-78)74-52-50-72(104-74)48-24-16-8/h49-64,67-68H,9-48,65-66H2,1-8H3. The summed E-state index contributed by atoms with van der Waals surface area (Å²) in [6, 6.07) is 33.0. The van der Waals surface area contributed by atoms with Crippen molar-refractivity contribution >= 4 is 137 Å². The van der Waals surface area contributed by atoms with Crippen LogP contribution in [-0.4, -0.2) is 44.7 Å². The quantitative estimate of drug-likeness (QED) is 0.0356. The molecule has 0 saturated carbocycles. The number of carbonyl (C=O) groups is 2. The Balaban J connectivity index is 0.943. The van der Waals surface area contributed by atoms with Gasteiger partial charge in [-0.1, -0.05) is 235 Å². The minimum Gasteiger partial charge on any atom is -0.304 e. The van der Waals surface area contributed by atoms with Gasteiger partial charge in [0.15, 0.2) is 0 Å². The summed E-state index contributed by atoms with van der Waals surface area (Å²) < 4.78 is 0. The molecule has 10 aromatic heterocycles. The van der Waals surface area contributed by atoms with E-state index in [1.54, 1.807) is 22.7 Å². The fourth-order valence-electron chi connectivity index (χ4n) is 16.3.